The molecule has 3 N–H and O–H groups in total. The predicted octanol–water partition coefficient (Wildman–Crippen LogP) is 1.55. The minimum absolute atomic E-state index is 0.0785. The van der Waals surface area contributed by atoms with Gasteiger partial charge in [-0.3, -0.25) is 4.79 Å². The molecule has 0 amide bonds. The van der Waals surface area contributed by atoms with Crippen LogP contribution in [0.3, 0.4) is 0 Å². The summed E-state index contributed by atoms with van der Waals surface area (Å²) in [5.41, 5.74) is 1.43. The van der Waals surface area contributed by atoms with Gasteiger partial charge in [0.05, 0.1) is 40.3 Å². The second kappa shape index (κ2) is 10.4. The maximum absolute atomic E-state index is 12.6. The number of nitrogens with zero attached hydrogens (tertiary/aromatic N) is 1. The zero-order valence-electron chi connectivity index (χ0n) is 17.6. The number of H-pyrrole nitrogens is 1. The van der Waals surface area contributed by atoms with Gasteiger partial charge in [-0.1, -0.05) is 6.92 Å². The highest BCUT2D eigenvalue weighted by molar-refractivity contribution is 7.80. The van der Waals surface area contributed by atoms with E-state index < -0.39 is 0 Å². The summed E-state index contributed by atoms with van der Waals surface area (Å²) in [5, 5.41) is 5.02. The van der Waals surface area contributed by atoms with Crippen molar-refractivity contribution < 1.29 is 9.64 Å². The molecular formula is C21H33N4O2S+. The Bertz CT molecular complexity index is 850. The van der Waals surface area contributed by atoms with E-state index in [-0.39, 0.29) is 5.56 Å². The van der Waals surface area contributed by atoms with Crippen LogP contribution >= 0.6 is 12.2 Å². The summed E-state index contributed by atoms with van der Waals surface area (Å²) >= 11 is 5.64. The van der Waals surface area contributed by atoms with E-state index in [0.717, 1.165) is 36.2 Å². The third-order valence-electron chi connectivity index (χ3n) is 4.72. The first-order valence-electron chi connectivity index (χ1n) is 9.97. The maximum atomic E-state index is 12.6. The van der Waals surface area contributed by atoms with Crippen molar-refractivity contribution in [2.24, 2.45) is 0 Å². The monoisotopic (exact) mass is 405 g/mol. The molecule has 6 nitrogen and oxygen atoms in total. The van der Waals surface area contributed by atoms with E-state index in [4.69, 9.17) is 17.0 Å². The lowest BCUT2D eigenvalue weighted by atomic mass is 10.1. The molecule has 0 unspecified atom stereocenters. The summed E-state index contributed by atoms with van der Waals surface area (Å²) in [6.07, 6.45) is 0.990. The number of aromatic nitrogens is 1. The van der Waals surface area contributed by atoms with Gasteiger partial charge in [-0.2, -0.15) is 0 Å². The van der Waals surface area contributed by atoms with Crippen LogP contribution in [0.4, 0.5) is 0 Å². The third-order valence-corrected chi connectivity index (χ3v) is 5.09. The Labute approximate surface area is 172 Å². The number of ether oxygens (including phenoxy) is 1. The molecule has 0 aliphatic carbocycles. The van der Waals surface area contributed by atoms with E-state index >= 15 is 0 Å². The van der Waals surface area contributed by atoms with E-state index in [9.17, 15) is 4.79 Å². The van der Waals surface area contributed by atoms with Gasteiger partial charge < -0.3 is 24.8 Å². The molecule has 0 fully saturated rings. The Kier molecular flexibility index (Phi) is 8.26. The molecule has 2 aromatic rings. The number of nitrogens with one attached hydrogen (secondary N) is 3. The van der Waals surface area contributed by atoms with Crippen molar-refractivity contribution in [3.05, 3.63) is 40.2 Å². The Morgan fingerprint density at radius 1 is 1.32 bits per heavy atom. The van der Waals surface area contributed by atoms with Crippen LogP contribution in [0, 0.1) is 0 Å². The average Bonchev–Trinajstić information content (AvgIpc) is 2.65. The standard InChI is InChI=1S/C21H32N4O2S/c1-6-15(3)22-21(28)25(11-10-24(4)5)14-17-12-16-13-18(27-7-2)8-9-19(16)23-20(17)26/h8-9,12-13,15H,6-7,10-11,14H2,1-5H3,(H,22,28)(H,23,26)/p+1/t15-/m0/s1. The van der Waals surface area contributed by atoms with Gasteiger partial charge in [-0.25, -0.2) is 0 Å². The molecular weight excluding hydrogens is 372 g/mol. The van der Waals surface area contributed by atoms with Crippen LogP contribution in [0.15, 0.2) is 29.1 Å². The number of rotatable bonds is 9. The molecule has 2 rings (SSSR count). The van der Waals surface area contributed by atoms with Crippen LogP contribution in [-0.4, -0.2) is 54.8 Å². The fraction of sp³-hybridized carbons (Fsp3) is 0.524. The van der Waals surface area contributed by atoms with E-state index in [0.29, 0.717) is 29.9 Å². The molecule has 0 radical (unpaired) electrons. The Morgan fingerprint density at radius 3 is 2.71 bits per heavy atom. The number of hydrogen-bond donors (Lipinski definition) is 3. The molecule has 1 aromatic heterocycles. The second-order valence-electron chi connectivity index (χ2n) is 7.44. The van der Waals surface area contributed by atoms with Gasteiger partial charge in [0.15, 0.2) is 5.11 Å². The van der Waals surface area contributed by atoms with Crippen LogP contribution in [0.1, 0.15) is 32.8 Å². The van der Waals surface area contributed by atoms with E-state index in [1.807, 2.05) is 31.2 Å². The average molecular weight is 406 g/mol. The number of aromatic amines is 1. The van der Waals surface area contributed by atoms with Crippen molar-refractivity contribution in [1.82, 2.24) is 15.2 Å². The largest absolute Gasteiger partial charge is 0.494 e. The van der Waals surface area contributed by atoms with Crippen LogP contribution in [0.2, 0.25) is 0 Å². The summed E-state index contributed by atoms with van der Waals surface area (Å²) in [5.74, 6) is 0.801. The van der Waals surface area contributed by atoms with Crippen LogP contribution in [0.25, 0.3) is 10.9 Å². The van der Waals surface area contributed by atoms with Gasteiger partial charge in [0.1, 0.15) is 5.75 Å². The third kappa shape index (κ3) is 6.21. The SMILES string of the molecule is CCOc1ccc2[nH]c(=O)c(CN(CC[NH+](C)C)C(=S)N[C@@H](C)CC)cc2c1. The summed E-state index contributed by atoms with van der Waals surface area (Å²) in [7, 11) is 4.23. The lowest BCUT2D eigenvalue weighted by molar-refractivity contribution is -0.857. The summed E-state index contributed by atoms with van der Waals surface area (Å²) < 4.78 is 5.59. The molecule has 0 bridgehead atoms. The first kappa shape index (κ1) is 22.2. The smallest absolute Gasteiger partial charge is 0.253 e. The highest BCUT2D eigenvalue weighted by Crippen LogP contribution is 2.19. The molecule has 0 saturated heterocycles. The zero-order valence-corrected chi connectivity index (χ0v) is 18.4. The quantitative estimate of drug-likeness (QED) is 0.553. The number of fused-ring (bicyclic) bond motifs is 1. The van der Waals surface area contributed by atoms with Crippen molar-refractivity contribution in [1.29, 1.82) is 0 Å². The van der Waals surface area contributed by atoms with Gasteiger partial charge >= 0.3 is 0 Å². The van der Waals surface area contributed by atoms with Crippen molar-refractivity contribution in [2.45, 2.75) is 39.8 Å². The van der Waals surface area contributed by atoms with Gasteiger partial charge in [0.2, 0.25) is 0 Å². The van der Waals surface area contributed by atoms with Crippen molar-refractivity contribution in [3.8, 4) is 5.75 Å². The number of thiocarbonyl (C=S) groups is 1. The van der Waals surface area contributed by atoms with E-state index in [1.165, 1.54) is 4.90 Å². The molecule has 1 atom stereocenters. The zero-order chi connectivity index (χ0) is 20.7. The van der Waals surface area contributed by atoms with E-state index in [2.05, 4.69) is 43.1 Å². The molecule has 1 aromatic carbocycles. The molecule has 0 spiro atoms. The van der Waals surface area contributed by atoms with Crippen molar-refractivity contribution >= 4 is 28.2 Å². The Morgan fingerprint density at radius 2 is 2.07 bits per heavy atom. The molecule has 0 aliphatic rings. The lowest BCUT2D eigenvalue weighted by Gasteiger charge is -2.28. The van der Waals surface area contributed by atoms with Gasteiger partial charge in [0.25, 0.3) is 5.56 Å². The number of likely N-dealkylation sites (N-methyl/N-ethyl adjacent to an activating group) is 1. The molecule has 7 heteroatoms. The highest BCUT2D eigenvalue weighted by atomic mass is 32.1. The maximum Gasteiger partial charge on any atom is 0.253 e. The van der Waals surface area contributed by atoms with Crippen LogP contribution in [-0.2, 0) is 6.54 Å². The van der Waals surface area contributed by atoms with Crippen LogP contribution < -0.4 is 20.5 Å². The van der Waals surface area contributed by atoms with Gasteiger partial charge in [0, 0.05) is 22.5 Å². The van der Waals surface area contributed by atoms with Gasteiger partial charge in [-0.15, -0.1) is 0 Å². The summed E-state index contributed by atoms with van der Waals surface area (Å²) in [4.78, 5) is 19.0. The topological polar surface area (TPSA) is 61.8 Å². The second-order valence-corrected chi connectivity index (χ2v) is 7.83. The normalized spacial score (nSPS) is 12.2. The fourth-order valence-corrected chi connectivity index (χ4v) is 3.18. The molecule has 28 heavy (non-hydrogen) atoms. The number of benzene rings is 1. The van der Waals surface area contributed by atoms with Gasteiger partial charge in [-0.05, 0) is 56.8 Å². The molecule has 1 heterocycles. The minimum Gasteiger partial charge on any atom is -0.494 e. The van der Waals surface area contributed by atoms with E-state index in [1.54, 1.807) is 0 Å². The minimum atomic E-state index is -0.0785. The fourth-order valence-electron chi connectivity index (χ4n) is 2.82. The summed E-state index contributed by atoms with van der Waals surface area (Å²) in [6, 6.07) is 7.96. The Balaban J connectivity index is 2.29. The number of quaternary nitrogens is 1. The summed E-state index contributed by atoms with van der Waals surface area (Å²) in [6.45, 7) is 8.98. The van der Waals surface area contributed by atoms with Crippen molar-refractivity contribution in [2.75, 3.05) is 33.8 Å². The number of pyridine rings is 1. The molecule has 0 aliphatic heterocycles. The first-order chi connectivity index (χ1) is 13.3. The molecule has 154 valence electrons. The van der Waals surface area contributed by atoms with Crippen LogP contribution in [0.5, 0.6) is 5.75 Å². The molecule has 0 saturated carbocycles. The van der Waals surface area contributed by atoms with Crippen molar-refractivity contribution in [3.63, 3.8) is 0 Å². The highest BCUT2D eigenvalue weighted by Gasteiger charge is 2.16. The Hall–Kier alpha value is -2.12. The number of hydrogen-bond acceptors (Lipinski definition) is 3. The first-order valence-corrected chi connectivity index (χ1v) is 10.4. The predicted molar refractivity (Wildman–Crippen MR) is 119 cm³/mol. The lowest BCUT2D eigenvalue weighted by Crippen LogP contribution is -3.06.